The van der Waals surface area contributed by atoms with E-state index in [1.54, 1.807) is 0 Å². The van der Waals surface area contributed by atoms with Crippen LogP contribution in [0.1, 0.15) is 31.9 Å². The fraction of sp³-hybridized carbons (Fsp3) is 0.429. The molecule has 0 saturated carbocycles. The van der Waals surface area contributed by atoms with E-state index in [1.165, 1.54) is 16.7 Å². The summed E-state index contributed by atoms with van der Waals surface area (Å²) in [5, 5.41) is 0. The van der Waals surface area contributed by atoms with E-state index in [0.29, 0.717) is 11.8 Å². The van der Waals surface area contributed by atoms with Crippen molar-refractivity contribution in [3.05, 3.63) is 41.0 Å². The highest BCUT2D eigenvalue weighted by Crippen LogP contribution is 2.19. The largest absolute Gasteiger partial charge is 0.122 e. The van der Waals surface area contributed by atoms with Crippen molar-refractivity contribution in [2.75, 3.05) is 5.88 Å². The van der Waals surface area contributed by atoms with Crippen LogP contribution in [0.3, 0.4) is 0 Å². The summed E-state index contributed by atoms with van der Waals surface area (Å²) in [7, 11) is 0. The Kier molecular flexibility index (Phi) is 4.90. The number of rotatable bonds is 4. The van der Waals surface area contributed by atoms with Crippen molar-refractivity contribution >= 4 is 17.7 Å². The normalized spacial score (nSPS) is 12.2. The molecule has 0 spiro atoms. The van der Waals surface area contributed by atoms with Crippen LogP contribution >= 0.6 is 11.6 Å². The highest BCUT2D eigenvalue weighted by atomic mass is 35.5. The van der Waals surface area contributed by atoms with Crippen molar-refractivity contribution in [2.45, 2.75) is 27.2 Å². The van der Waals surface area contributed by atoms with Gasteiger partial charge in [0.2, 0.25) is 0 Å². The summed E-state index contributed by atoms with van der Waals surface area (Å²) in [4.78, 5) is 0. The zero-order valence-corrected chi connectivity index (χ0v) is 10.5. The molecule has 0 atom stereocenters. The van der Waals surface area contributed by atoms with E-state index in [9.17, 15) is 0 Å². The van der Waals surface area contributed by atoms with Crippen molar-refractivity contribution in [2.24, 2.45) is 5.92 Å². The lowest BCUT2D eigenvalue weighted by Gasteiger charge is -2.09. The van der Waals surface area contributed by atoms with Crippen LogP contribution in [0.15, 0.2) is 29.8 Å². The maximum absolute atomic E-state index is 5.94. The molecule has 0 nitrogen and oxygen atoms in total. The van der Waals surface area contributed by atoms with Gasteiger partial charge in [-0.05, 0) is 23.5 Å². The molecule has 0 aromatic heterocycles. The van der Waals surface area contributed by atoms with E-state index in [-0.39, 0.29) is 0 Å². The first-order valence-corrected chi connectivity index (χ1v) is 6.06. The highest BCUT2D eigenvalue weighted by molar-refractivity contribution is 6.19. The van der Waals surface area contributed by atoms with E-state index >= 15 is 0 Å². The summed E-state index contributed by atoms with van der Waals surface area (Å²) in [6.07, 6.45) is 3.30. The Morgan fingerprint density at radius 1 is 1.33 bits per heavy atom. The Bertz CT molecular complexity index is 337. The summed E-state index contributed by atoms with van der Waals surface area (Å²) in [6, 6.07) is 8.51. The van der Waals surface area contributed by atoms with Crippen molar-refractivity contribution < 1.29 is 0 Å². The van der Waals surface area contributed by atoms with Gasteiger partial charge in [0.25, 0.3) is 0 Å². The van der Waals surface area contributed by atoms with Gasteiger partial charge in [-0.25, -0.2) is 0 Å². The maximum Gasteiger partial charge on any atom is 0.0439 e. The number of hydrogen-bond acceptors (Lipinski definition) is 0. The molecule has 82 valence electrons. The van der Waals surface area contributed by atoms with E-state index < -0.39 is 0 Å². The number of hydrogen-bond donors (Lipinski definition) is 0. The second kappa shape index (κ2) is 5.97. The van der Waals surface area contributed by atoms with Gasteiger partial charge in [-0.15, -0.1) is 11.6 Å². The van der Waals surface area contributed by atoms with Crippen molar-refractivity contribution in [3.8, 4) is 0 Å². The Morgan fingerprint density at radius 3 is 2.53 bits per heavy atom. The molecule has 0 aliphatic rings. The number of halogens is 1. The van der Waals surface area contributed by atoms with Crippen LogP contribution in [0, 0.1) is 5.92 Å². The van der Waals surface area contributed by atoms with Crippen molar-refractivity contribution in [1.82, 2.24) is 0 Å². The molecule has 15 heavy (non-hydrogen) atoms. The third-order valence-electron chi connectivity index (χ3n) is 2.67. The number of aryl methyl sites for hydroxylation is 1. The average molecular weight is 223 g/mol. The van der Waals surface area contributed by atoms with Gasteiger partial charge in [0.1, 0.15) is 0 Å². The Hall–Kier alpha value is -0.750. The Morgan fingerprint density at radius 2 is 2.00 bits per heavy atom. The van der Waals surface area contributed by atoms with Crippen LogP contribution in [0.2, 0.25) is 0 Å². The lowest BCUT2D eigenvalue weighted by molar-refractivity contribution is 0.778. The molecule has 1 heteroatoms. The van der Waals surface area contributed by atoms with Crippen molar-refractivity contribution in [3.63, 3.8) is 0 Å². The minimum Gasteiger partial charge on any atom is -0.122 e. The molecular weight excluding hydrogens is 204 g/mol. The van der Waals surface area contributed by atoms with Crippen LogP contribution in [-0.2, 0) is 6.42 Å². The highest BCUT2D eigenvalue weighted by Gasteiger charge is 2.03. The monoisotopic (exact) mass is 222 g/mol. The smallest absolute Gasteiger partial charge is 0.0439 e. The fourth-order valence-electron chi connectivity index (χ4n) is 1.56. The van der Waals surface area contributed by atoms with Gasteiger partial charge in [0, 0.05) is 5.88 Å². The standard InChI is InChI=1S/C14H19Cl/c1-4-12-7-5-6-8-13(12)9-14(10-15)11(2)3/h5-9,11H,4,10H2,1-3H3. The summed E-state index contributed by atoms with van der Waals surface area (Å²) in [6.45, 7) is 6.55. The lowest BCUT2D eigenvalue weighted by Crippen LogP contribution is -1.96. The van der Waals surface area contributed by atoms with E-state index in [0.717, 1.165) is 6.42 Å². The molecule has 0 N–H and O–H groups in total. The third kappa shape index (κ3) is 3.39. The van der Waals surface area contributed by atoms with Gasteiger partial charge in [0.05, 0.1) is 0 Å². The van der Waals surface area contributed by atoms with E-state index in [1.807, 2.05) is 0 Å². The number of alkyl halides is 1. The molecule has 0 bridgehead atoms. The first kappa shape index (κ1) is 12.3. The zero-order valence-electron chi connectivity index (χ0n) is 9.76. The SMILES string of the molecule is CCc1ccccc1C=C(CCl)C(C)C. The molecule has 0 unspecified atom stereocenters. The lowest BCUT2D eigenvalue weighted by atomic mass is 9.98. The van der Waals surface area contributed by atoms with E-state index in [4.69, 9.17) is 11.6 Å². The quantitative estimate of drug-likeness (QED) is 0.657. The summed E-state index contributed by atoms with van der Waals surface area (Å²) in [5.41, 5.74) is 4.00. The average Bonchev–Trinajstić information content (AvgIpc) is 2.25. The van der Waals surface area contributed by atoms with Gasteiger partial charge in [-0.2, -0.15) is 0 Å². The van der Waals surface area contributed by atoms with Crippen LogP contribution in [-0.4, -0.2) is 5.88 Å². The minimum atomic E-state index is 0.521. The predicted octanol–water partition coefficient (Wildman–Crippen LogP) is 4.53. The summed E-state index contributed by atoms with van der Waals surface area (Å²) >= 11 is 5.94. The maximum atomic E-state index is 5.94. The molecule has 0 heterocycles. The minimum absolute atomic E-state index is 0.521. The second-order valence-electron chi connectivity index (χ2n) is 4.06. The number of allylic oxidation sites excluding steroid dienone is 1. The molecule has 0 amide bonds. The van der Waals surface area contributed by atoms with Crippen LogP contribution in [0.5, 0.6) is 0 Å². The first-order valence-electron chi connectivity index (χ1n) is 5.53. The molecule has 0 radical (unpaired) electrons. The topological polar surface area (TPSA) is 0 Å². The predicted molar refractivity (Wildman–Crippen MR) is 69.4 cm³/mol. The Labute approximate surface area is 98.0 Å². The summed E-state index contributed by atoms with van der Waals surface area (Å²) in [5.74, 6) is 1.14. The van der Waals surface area contributed by atoms with Crippen molar-refractivity contribution in [1.29, 1.82) is 0 Å². The molecule has 1 aromatic rings. The molecule has 0 aliphatic heterocycles. The van der Waals surface area contributed by atoms with Crippen LogP contribution in [0.25, 0.3) is 6.08 Å². The zero-order chi connectivity index (χ0) is 11.3. The molecule has 0 fully saturated rings. The van der Waals surface area contributed by atoms with Gasteiger partial charge in [-0.1, -0.05) is 56.7 Å². The third-order valence-corrected chi connectivity index (χ3v) is 2.98. The summed E-state index contributed by atoms with van der Waals surface area (Å²) < 4.78 is 0. The fourth-order valence-corrected chi connectivity index (χ4v) is 1.94. The van der Waals surface area contributed by atoms with Crippen LogP contribution < -0.4 is 0 Å². The molecular formula is C14H19Cl. The van der Waals surface area contributed by atoms with Gasteiger partial charge in [-0.3, -0.25) is 0 Å². The first-order chi connectivity index (χ1) is 7.19. The van der Waals surface area contributed by atoms with E-state index in [2.05, 4.69) is 51.1 Å². The molecule has 0 saturated heterocycles. The van der Waals surface area contributed by atoms with Gasteiger partial charge >= 0.3 is 0 Å². The second-order valence-corrected chi connectivity index (χ2v) is 4.33. The molecule has 1 rings (SSSR count). The van der Waals surface area contributed by atoms with Crippen LogP contribution in [0.4, 0.5) is 0 Å². The number of benzene rings is 1. The Balaban J connectivity index is 3.05. The molecule has 1 aromatic carbocycles. The van der Waals surface area contributed by atoms with Gasteiger partial charge in [0.15, 0.2) is 0 Å². The van der Waals surface area contributed by atoms with Gasteiger partial charge < -0.3 is 0 Å². The molecule has 0 aliphatic carbocycles.